The fourth-order valence-electron chi connectivity index (χ4n) is 5.42. The molecule has 1 aliphatic heterocycles. The van der Waals surface area contributed by atoms with E-state index in [1.165, 1.54) is 37.1 Å². The number of benzene rings is 2. The zero-order valence-corrected chi connectivity index (χ0v) is 20.9. The number of aryl methyl sites for hydroxylation is 1. The number of likely N-dealkylation sites (tertiary alicyclic amines) is 1. The van der Waals surface area contributed by atoms with Crippen LogP contribution >= 0.6 is 23.2 Å². The number of aromatic nitrogens is 3. The normalized spacial score (nSPS) is 17.7. The van der Waals surface area contributed by atoms with E-state index in [2.05, 4.69) is 38.4 Å². The summed E-state index contributed by atoms with van der Waals surface area (Å²) in [5.74, 6) is 0.449. The van der Waals surface area contributed by atoms with Crippen molar-refractivity contribution < 1.29 is 0 Å². The highest BCUT2D eigenvalue weighted by Gasteiger charge is 2.28. The highest BCUT2D eigenvalue weighted by atomic mass is 35.5. The summed E-state index contributed by atoms with van der Waals surface area (Å²) < 4.78 is 1.81. The largest absolute Gasteiger partial charge is 0.335 e. The van der Waals surface area contributed by atoms with Gasteiger partial charge in [0.15, 0.2) is 0 Å². The molecule has 0 radical (unpaired) electrons. The lowest BCUT2D eigenvalue weighted by molar-refractivity contribution is 0.250. The van der Waals surface area contributed by atoms with Crippen LogP contribution in [-0.4, -0.2) is 38.6 Å². The quantitative estimate of drug-likeness (QED) is 0.390. The molecule has 2 aliphatic rings. The maximum absolute atomic E-state index is 13.3. The molecule has 3 heterocycles. The molecule has 8 heteroatoms. The fourth-order valence-corrected chi connectivity index (χ4v) is 6.02. The molecule has 2 aromatic carbocycles. The van der Waals surface area contributed by atoms with Crippen molar-refractivity contribution in [3.05, 3.63) is 80.2 Å². The van der Waals surface area contributed by atoms with Gasteiger partial charge in [0.25, 0.3) is 0 Å². The van der Waals surface area contributed by atoms with Crippen LogP contribution in [0, 0.1) is 0 Å². The lowest BCUT2D eigenvalue weighted by Crippen LogP contribution is -2.33. The summed E-state index contributed by atoms with van der Waals surface area (Å²) in [6.45, 7) is 2.44. The Morgan fingerprint density at radius 3 is 2.54 bits per heavy atom. The first-order valence-electron chi connectivity index (χ1n) is 11.9. The molecule has 1 atom stereocenters. The number of anilines is 2. The van der Waals surface area contributed by atoms with E-state index in [4.69, 9.17) is 23.2 Å². The highest BCUT2D eigenvalue weighted by Crippen LogP contribution is 2.34. The maximum Gasteiger partial charge on any atom is 0.229 e. The first kappa shape index (κ1) is 22.5. The van der Waals surface area contributed by atoms with E-state index in [0.717, 1.165) is 18.5 Å². The molecule has 1 fully saturated rings. The van der Waals surface area contributed by atoms with Crippen molar-refractivity contribution in [1.29, 1.82) is 0 Å². The first-order valence-corrected chi connectivity index (χ1v) is 12.7. The molecule has 0 amide bonds. The molecule has 35 heavy (non-hydrogen) atoms. The van der Waals surface area contributed by atoms with Crippen LogP contribution in [0.1, 0.15) is 24.0 Å². The van der Waals surface area contributed by atoms with Gasteiger partial charge in [0.2, 0.25) is 11.4 Å². The summed E-state index contributed by atoms with van der Waals surface area (Å²) >= 11 is 12.7. The van der Waals surface area contributed by atoms with Crippen molar-refractivity contribution in [1.82, 2.24) is 19.4 Å². The monoisotopic (exact) mass is 505 g/mol. The van der Waals surface area contributed by atoms with Crippen molar-refractivity contribution in [3.8, 4) is 11.1 Å². The smallest absolute Gasteiger partial charge is 0.229 e. The highest BCUT2D eigenvalue weighted by molar-refractivity contribution is 6.39. The third-order valence-corrected chi connectivity index (χ3v) is 7.81. The standard InChI is InChI=1S/C27H25Cl2N5O/c1-33-15-21(24-22(28)5-4-6-23(24)29)25(35)20-14-30-27(32-26(20)33)31-18-8-7-16-12-19(13-17(16)11-18)34-9-2-3-10-34/h4-8,11,14-15,19H,2-3,9-10,12-13H2,1H3,(H,30,31,32). The molecule has 6 rings (SSSR count). The van der Waals surface area contributed by atoms with E-state index in [0.29, 0.717) is 44.2 Å². The van der Waals surface area contributed by atoms with Crippen LogP contribution in [0.5, 0.6) is 0 Å². The molecule has 0 spiro atoms. The third-order valence-electron chi connectivity index (χ3n) is 7.18. The van der Waals surface area contributed by atoms with Gasteiger partial charge in [-0.3, -0.25) is 9.69 Å². The summed E-state index contributed by atoms with van der Waals surface area (Å²) in [5.41, 5.74) is 5.05. The Kier molecular flexibility index (Phi) is 5.75. The van der Waals surface area contributed by atoms with Crippen LogP contribution < -0.4 is 10.7 Å². The van der Waals surface area contributed by atoms with E-state index in [9.17, 15) is 4.79 Å². The van der Waals surface area contributed by atoms with Crippen LogP contribution in [-0.2, 0) is 19.9 Å². The predicted octanol–water partition coefficient (Wildman–Crippen LogP) is 5.61. The molecule has 1 N–H and O–H groups in total. The van der Waals surface area contributed by atoms with E-state index in [1.807, 2.05) is 11.6 Å². The number of pyridine rings is 1. The molecule has 178 valence electrons. The Morgan fingerprint density at radius 1 is 1.03 bits per heavy atom. The van der Waals surface area contributed by atoms with E-state index < -0.39 is 0 Å². The molecular formula is C27H25Cl2N5O. The molecular weight excluding hydrogens is 481 g/mol. The molecule has 2 aromatic heterocycles. The van der Waals surface area contributed by atoms with Crippen molar-refractivity contribution in [2.45, 2.75) is 31.7 Å². The van der Waals surface area contributed by atoms with Crippen LogP contribution in [0.2, 0.25) is 10.0 Å². The Hall–Kier alpha value is -2.93. The van der Waals surface area contributed by atoms with Gasteiger partial charge in [0, 0.05) is 42.3 Å². The second kappa shape index (κ2) is 8.94. The molecule has 4 aromatic rings. The van der Waals surface area contributed by atoms with E-state index in [-0.39, 0.29) is 5.43 Å². The van der Waals surface area contributed by atoms with Gasteiger partial charge >= 0.3 is 0 Å². The Balaban J connectivity index is 1.30. The summed E-state index contributed by atoms with van der Waals surface area (Å²) in [7, 11) is 1.85. The second-order valence-corrected chi connectivity index (χ2v) is 10.2. The molecule has 6 nitrogen and oxygen atoms in total. The van der Waals surface area contributed by atoms with Gasteiger partial charge in [-0.2, -0.15) is 4.98 Å². The van der Waals surface area contributed by atoms with Gasteiger partial charge < -0.3 is 9.88 Å². The van der Waals surface area contributed by atoms with E-state index >= 15 is 0 Å². The second-order valence-electron chi connectivity index (χ2n) is 9.42. The summed E-state index contributed by atoms with van der Waals surface area (Å²) in [6, 6.07) is 12.3. The van der Waals surface area contributed by atoms with Crippen LogP contribution in [0.25, 0.3) is 22.2 Å². The number of rotatable bonds is 4. The predicted molar refractivity (Wildman–Crippen MR) is 142 cm³/mol. The maximum atomic E-state index is 13.3. The molecule has 1 saturated heterocycles. The van der Waals surface area contributed by atoms with Gasteiger partial charge in [-0.05, 0) is 74.2 Å². The lowest BCUT2D eigenvalue weighted by Gasteiger charge is -2.22. The number of fused-ring (bicyclic) bond motifs is 2. The average molecular weight is 506 g/mol. The summed E-state index contributed by atoms with van der Waals surface area (Å²) in [6.07, 6.45) is 8.14. The third kappa shape index (κ3) is 4.10. The van der Waals surface area contributed by atoms with Crippen molar-refractivity contribution in [2.75, 3.05) is 18.4 Å². The van der Waals surface area contributed by atoms with Gasteiger partial charge in [-0.15, -0.1) is 0 Å². The number of hydrogen-bond acceptors (Lipinski definition) is 5. The molecule has 1 unspecified atom stereocenters. The van der Waals surface area contributed by atoms with Crippen molar-refractivity contribution >= 4 is 45.9 Å². The van der Waals surface area contributed by atoms with Crippen molar-refractivity contribution in [3.63, 3.8) is 0 Å². The molecule has 0 saturated carbocycles. The van der Waals surface area contributed by atoms with Crippen molar-refractivity contribution in [2.24, 2.45) is 7.05 Å². The Bertz CT molecular complexity index is 1490. The first-order chi connectivity index (χ1) is 17.0. The Labute approximate surface area is 213 Å². The minimum atomic E-state index is -0.204. The van der Waals surface area contributed by atoms with Gasteiger partial charge in [0.1, 0.15) is 5.65 Å². The zero-order chi connectivity index (χ0) is 24.1. The van der Waals surface area contributed by atoms with Crippen LogP contribution in [0.15, 0.2) is 53.6 Å². The van der Waals surface area contributed by atoms with Gasteiger partial charge in [0.05, 0.1) is 15.4 Å². The van der Waals surface area contributed by atoms with Crippen LogP contribution in [0.3, 0.4) is 0 Å². The molecule has 1 aliphatic carbocycles. The minimum Gasteiger partial charge on any atom is -0.335 e. The van der Waals surface area contributed by atoms with E-state index in [1.54, 1.807) is 30.6 Å². The summed E-state index contributed by atoms with van der Waals surface area (Å²) in [5, 5.41) is 4.59. The zero-order valence-electron chi connectivity index (χ0n) is 19.4. The fraction of sp³-hybridized carbons (Fsp3) is 0.296. The summed E-state index contributed by atoms with van der Waals surface area (Å²) in [4.78, 5) is 25.0. The topological polar surface area (TPSA) is 63.1 Å². The molecule has 0 bridgehead atoms. The average Bonchev–Trinajstić information content (AvgIpc) is 3.52. The number of halogens is 2. The SMILES string of the molecule is Cn1cc(-c2c(Cl)cccc2Cl)c(=O)c2cnc(Nc3ccc4c(c3)CC(N3CCCC3)C4)nc21. The number of nitrogens with one attached hydrogen (secondary N) is 1. The van der Waals surface area contributed by atoms with Crippen LogP contribution in [0.4, 0.5) is 11.6 Å². The number of hydrogen-bond donors (Lipinski definition) is 1. The Morgan fingerprint density at radius 2 is 1.77 bits per heavy atom. The van der Waals surface area contributed by atoms with Gasteiger partial charge in [-0.25, -0.2) is 4.98 Å². The lowest BCUT2D eigenvalue weighted by atomic mass is 10.1. The number of nitrogens with zero attached hydrogens (tertiary/aromatic N) is 4. The minimum absolute atomic E-state index is 0.204. The van der Waals surface area contributed by atoms with Gasteiger partial charge in [-0.1, -0.05) is 35.3 Å².